The van der Waals surface area contributed by atoms with Crippen LogP contribution in [0.3, 0.4) is 0 Å². The number of benzene rings is 3. The molecule has 0 fully saturated rings. The van der Waals surface area contributed by atoms with Crippen molar-refractivity contribution in [1.29, 1.82) is 0 Å². The molecular weight excluding hydrogens is 288 g/mol. The van der Waals surface area contributed by atoms with Crippen LogP contribution in [0.2, 0.25) is 0 Å². The first-order valence-electron chi connectivity index (χ1n) is 7.41. The average molecular weight is 306 g/mol. The molecule has 0 radical (unpaired) electrons. The summed E-state index contributed by atoms with van der Waals surface area (Å²) < 4.78 is 5.17. The van der Waals surface area contributed by atoms with Gasteiger partial charge in [0.2, 0.25) is 0 Å². The lowest BCUT2D eigenvalue weighted by atomic mass is 10.1. The summed E-state index contributed by atoms with van der Waals surface area (Å²) >= 11 is 0. The lowest BCUT2D eigenvalue weighted by molar-refractivity contribution is 0.251. The van der Waals surface area contributed by atoms with Crippen LogP contribution in [0.25, 0.3) is 10.8 Å². The number of nitrogens with one attached hydrogen (secondary N) is 2. The number of anilines is 1. The number of hydrogen-bond donors (Lipinski definition) is 2. The van der Waals surface area contributed by atoms with E-state index in [0.717, 1.165) is 27.8 Å². The van der Waals surface area contributed by atoms with Crippen molar-refractivity contribution in [1.82, 2.24) is 5.32 Å². The van der Waals surface area contributed by atoms with Crippen molar-refractivity contribution >= 4 is 22.5 Å². The second-order valence-corrected chi connectivity index (χ2v) is 5.22. The molecule has 0 saturated carbocycles. The third-order valence-electron chi connectivity index (χ3n) is 3.59. The summed E-state index contributed by atoms with van der Waals surface area (Å²) in [7, 11) is 1.62. The molecule has 2 N–H and O–H groups in total. The number of ether oxygens (including phenoxy) is 1. The van der Waals surface area contributed by atoms with Gasteiger partial charge in [-0.05, 0) is 40.6 Å². The zero-order valence-corrected chi connectivity index (χ0v) is 12.9. The SMILES string of the molecule is COc1cccc(CNC(=O)Nc2ccc3ccccc3c2)c1. The van der Waals surface area contributed by atoms with E-state index in [1.165, 1.54) is 0 Å². The fraction of sp³-hybridized carbons (Fsp3) is 0.105. The predicted molar refractivity (Wildman–Crippen MR) is 92.8 cm³/mol. The van der Waals surface area contributed by atoms with Gasteiger partial charge in [-0.25, -0.2) is 4.79 Å². The minimum absolute atomic E-state index is 0.233. The zero-order valence-electron chi connectivity index (χ0n) is 12.9. The third-order valence-corrected chi connectivity index (χ3v) is 3.59. The number of amides is 2. The second-order valence-electron chi connectivity index (χ2n) is 5.22. The standard InChI is InChI=1S/C19H18N2O2/c1-23-18-8-4-5-14(11-18)13-20-19(22)21-17-10-9-15-6-2-3-7-16(15)12-17/h2-12H,13H2,1H3,(H2,20,21,22). The summed E-state index contributed by atoms with van der Waals surface area (Å²) in [6, 6.07) is 21.3. The fourth-order valence-corrected chi connectivity index (χ4v) is 2.41. The van der Waals surface area contributed by atoms with Crippen molar-refractivity contribution in [3.63, 3.8) is 0 Å². The van der Waals surface area contributed by atoms with E-state index >= 15 is 0 Å². The maximum atomic E-state index is 12.0. The van der Waals surface area contributed by atoms with Crippen LogP contribution in [0.5, 0.6) is 5.75 Å². The topological polar surface area (TPSA) is 50.4 Å². The Morgan fingerprint density at radius 1 is 0.957 bits per heavy atom. The van der Waals surface area contributed by atoms with E-state index in [1.807, 2.05) is 66.7 Å². The molecule has 116 valence electrons. The number of rotatable bonds is 4. The molecule has 4 heteroatoms. The van der Waals surface area contributed by atoms with E-state index in [2.05, 4.69) is 10.6 Å². The molecule has 0 atom stereocenters. The Morgan fingerprint density at radius 3 is 2.61 bits per heavy atom. The summed E-state index contributed by atoms with van der Waals surface area (Å²) in [5.41, 5.74) is 1.75. The monoisotopic (exact) mass is 306 g/mol. The molecule has 4 nitrogen and oxygen atoms in total. The molecule has 3 aromatic rings. The van der Waals surface area contributed by atoms with Crippen molar-refractivity contribution in [3.8, 4) is 5.75 Å². The maximum absolute atomic E-state index is 12.0. The highest BCUT2D eigenvalue weighted by molar-refractivity contribution is 5.93. The highest BCUT2D eigenvalue weighted by Crippen LogP contribution is 2.18. The summed E-state index contributed by atoms with van der Waals surface area (Å²) in [5, 5.41) is 7.94. The largest absolute Gasteiger partial charge is 0.497 e. The molecular formula is C19H18N2O2. The van der Waals surface area contributed by atoms with Gasteiger partial charge in [0, 0.05) is 12.2 Å². The second kappa shape index (κ2) is 6.83. The normalized spacial score (nSPS) is 10.3. The highest BCUT2D eigenvalue weighted by Gasteiger charge is 2.03. The van der Waals surface area contributed by atoms with E-state index in [9.17, 15) is 4.79 Å². The van der Waals surface area contributed by atoms with Gasteiger partial charge in [-0.2, -0.15) is 0 Å². The average Bonchev–Trinajstić information content (AvgIpc) is 2.60. The molecule has 0 aromatic heterocycles. The Bertz CT molecular complexity index is 830. The van der Waals surface area contributed by atoms with Crippen LogP contribution in [0.15, 0.2) is 66.7 Å². The number of urea groups is 1. The minimum atomic E-state index is -0.233. The van der Waals surface area contributed by atoms with Gasteiger partial charge >= 0.3 is 6.03 Å². The van der Waals surface area contributed by atoms with Gasteiger partial charge in [0.25, 0.3) is 0 Å². The van der Waals surface area contributed by atoms with Crippen molar-refractivity contribution in [3.05, 3.63) is 72.3 Å². The highest BCUT2D eigenvalue weighted by atomic mass is 16.5. The van der Waals surface area contributed by atoms with E-state index in [0.29, 0.717) is 6.54 Å². The molecule has 0 bridgehead atoms. The number of carbonyl (C=O) groups excluding carboxylic acids is 1. The molecule has 0 spiro atoms. The van der Waals surface area contributed by atoms with Gasteiger partial charge in [-0.1, -0.05) is 42.5 Å². The van der Waals surface area contributed by atoms with Crippen LogP contribution >= 0.6 is 0 Å². The van der Waals surface area contributed by atoms with Gasteiger partial charge in [-0.15, -0.1) is 0 Å². The Labute approximate surface area is 135 Å². The van der Waals surface area contributed by atoms with Gasteiger partial charge in [0.1, 0.15) is 5.75 Å². The van der Waals surface area contributed by atoms with Gasteiger partial charge in [0.15, 0.2) is 0 Å². The summed E-state index contributed by atoms with van der Waals surface area (Å²) in [6.45, 7) is 0.441. The Morgan fingerprint density at radius 2 is 1.78 bits per heavy atom. The van der Waals surface area contributed by atoms with Gasteiger partial charge < -0.3 is 15.4 Å². The zero-order chi connectivity index (χ0) is 16.1. The smallest absolute Gasteiger partial charge is 0.319 e. The summed E-state index contributed by atoms with van der Waals surface area (Å²) in [5.74, 6) is 0.777. The number of fused-ring (bicyclic) bond motifs is 1. The van der Waals surface area contributed by atoms with Crippen LogP contribution in [-0.4, -0.2) is 13.1 Å². The molecule has 0 aliphatic carbocycles. The van der Waals surface area contributed by atoms with E-state index in [-0.39, 0.29) is 6.03 Å². The summed E-state index contributed by atoms with van der Waals surface area (Å²) in [6.07, 6.45) is 0. The molecule has 0 aliphatic heterocycles. The van der Waals surface area contributed by atoms with Crippen molar-refractivity contribution in [2.24, 2.45) is 0 Å². The quantitative estimate of drug-likeness (QED) is 0.760. The van der Waals surface area contributed by atoms with Gasteiger partial charge in [0.05, 0.1) is 7.11 Å². The van der Waals surface area contributed by atoms with Crippen LogP contribution in [0.4, 0.5) is 10.5 Å². The molecule has 3 rings (SSSR count). The Kier molecular flexibility index (Phi) is 4.43. The van der Waals surface area contributed by atoms with Crippen LogP contribution in [0.1, 0.15) is 5.56 Å². The fourth-order valence-electron chi connectivity index (χ4n) is 2.41. The van der Waals surface area contributed by atoms with E-state index < -0.39 is 0 Å². The lowest BCUT2D eigenvalue weighted by Gasteiger charge is -2.09. The molecule has 23 heavy (non-hydrogen) atoms. The molecule has 0 saturated heterocycles. The maximum Gasteiger partial charge on any atom is 0.319 e. The lowest BCUT2D eigenvalue weighted by Crippen LogP contribution is -2.28. The first-order valence-corrected chi connectivity index (χ1v) is 7.41. The molecule has 0 heterocycles. The molecule has 2 amide bonds. The Balaban J connectivity index is 1.61. The predicted octanol–water partition coefficient (Wildman–Crippen LogP) is 4.17. The first kappa shape index (κ1) is 14.9. The molecule has 0 unspecified atom stereocenters. The third kappa shape index (κ3) is 3.80. The number of methoxy groups -OCH3 is 1. The number of hydrogen-bond acceptors (Lipinski definition) is 2. The minimum Gasteiger partial charge on any atom is -0.497 e. The van der Waals surface area contributed by atoms with Crippen molar-refractivity contribution in [2.75, 3.05) is 12.4 Å². The molecule has 3 aromatic carbocycles. The summed E-state index contributed by atoms with van der Waals surface area (Å²) in [4.78, 5) is 12.0. The van der Waals surface area contributed by atoms with Crippen LogP contribution in [-0.2, 0) is 6.54 Å². The van der Waals surface area contributed by atoms with Crippen LogP contribution in [0, 0.1) is 0 Å². The first-order chi connectivity index (χ1) is 11.2. The van der Waals surface area contributed by atoms with E-state index in [1.54, 1.807) is 7.11 Å². The number of carbonyl (C=O) groups is 1. The molecule has 0 aliphatic rings. The van der Waals surface area contributed by atoms with Crippen molar-refractivity contribution in [2.45, 2.75) is 6.54 Å². The van der Waals surface area contributed by atoms with Crippen molar-refractivity contribution < 1.29 is 9.53 Å². The van der Waals surface area contributed by atoms with Crippen LogP contribution < -0.4 is 15.4 Å². The Hall–Kier alpha value is -3.01. The van der Waals surface area contributed by atoms with E-state index in [4.69, 9.17) is 4.74 Å². The van der Waals surface area contributed by atoms with Gasteiger partial charge in [-0.3, -0.25) is 0 Å².